The number of benzene rings is 1. The Kier molecular flexibility index (Phi) is 8.46. The van der Waals surface area contributed by atoms with Gasteiger partial charge in [0.2, 0.25) is 5.91 Å². The van der Waals surface area contributed by atoms with E-state index in [2.05, 4.69) is 0 Å². The third-order valence-corrected chi connectivity index (χ3v) is 4.73. The molecule has 0 atom stereocenters. The van der Waals surface area contributed by atoms with Gasteiger partial charge in [0, 0.05) is 39.1 Å². The van der Waals surface area contributed by atoms with Gasteiger partial charge < -0.3 is 14.7 Å². The van der Waals surface area contributed by atoms with Crippen molar-refractivity contribution in [2.45, 2.75) is 51.5 Å². The Hall–Kier alpha value is -1.88. The highest BCUT2D eigenvalue weighted by Gasteiger charge is 2.17. The standard InChI is InChI=1S/C20H29NO4/c22-19(9-4-8-17-11-14-25-15-12-17)21(13-5-10-20(23)24)16-18-6-2-1-3-7-18/h1-3,6-7,17H,4-5,8-16H2,(H,23,24). The van der Waals surface area contributed by atoms with E-state index in [9.17, 15) is 9.59 Å². The SMILES string of the molecule is O=C(O)CCCN(Cc1ccccc1)C(=O)CCCC1CCOCC1. The summed E-state index contributed by atoms with van der Waals surface area (Å²) in [5, 5.41) is 8.83. The van der Waals surface area contributed by atoms with E-state index in [1.54, 1.807) is 0 Å². The Morgan fingerprint density at radius 1 is 1.08 bits per heavy atom. The normalized spacial score (nSPS) is 15.0. The number of rotatable bonds is 10. The molecule has 5 nitrogen and oxygen atoms in total. The lowest BCUT2D eigenvalue weighted by molar-refractivity contribution is -0.138. The number of carboxylic acid groups (broad SMARTS) is 1. The smallest absolute Gasteiger partial charge is 0.303 e. The number of carbonyl (C=O) groups is 2. The predicted molar refractivity (Wildman–Crippen MR) is 96.1 cm³/mol. The van der Waals surface area contributed by atoms with Crippen LogP contribution in [0.1, 0.15) is 50.5 Å². The maximum absolute atomic E-state index is 12.6. The van der Waals surface area contributed by atoms with E-state index < -0.39 is 5.97 Å². The zero-order chi connectivity index (χ0) is 17.9. The second kappa shape index (κ2) is 10.9. The Bertz CT molecular complexity index is 526. The van der Waals surface area contributed by atoms with Crippen LogP contribution in [-0.2, 0) is 20.9 Å². The summed E-state index contributed by atoms with van der Waals surface area (Å²) in [4.78, 5) is 25.2. The van der Waals surface area contributed by atoms with Crippen LogP contribution in [0.4, 0.5) is 0 Å². The fourth-order valence-corrected chi connectivity index (χ4v) is 3.25. The summed E-state index contributed by atoms with van der Waals surface area (Å²) in [6.45, 7) is 2.73. The summed E-state index contributed by atoms with van der Waals surface area (Å²) in [5.74, 6) is -0.0101. The number of amides is 1. The molecule has 0 aliphatic carbocycles. The van der Waals surface area contributed by atoms with Gasteiger partial charge in [0.25, 0.3) is 0 Å². The summed E-state index contributed by atoms with van der Waals surface area (Å²) in [6.07, 6.45) is 5.30. The van der Waals surface area contributed by atoms with Gasteiger partial charge in [-0.3, -0.25) is 9.59 Å². The van der Waals surface area contributed by atoms with Crippen LogP contribution in [0.2, 0.25) is 0 Å². The molecule has 0 bridgehead atoms. The molecule has 0 radical (unpaired) electrons. The molecule has 0 saturated carbocycles. The maximum atomic E-state index is 12.6. The highest BCUT2D eigenvalue weighted by Crippen LogP contribution is 2.21. The largest absolute Gasteiger partial charge is 0.481 e. The van der Waals surface area contributed by atoms with Crippen molar-refractivity contribution in [3.63, 3.8) is 0 Å². The number of hydrogen-bond acceptors (Lipinski definition) is 3. The highest BCUT2D eigenvalue weighted by molar-refractivity contribution is 5.76. The first-order chi connectivity index (χ1) is 12.1. The molecule has 1 saturated heterocycles. The number of aliphatic carboxylic acids is 1. The van der Waals surface area contributed by atoms with Crippen LogP contribution < -0.4 is 0 Å². The lowest BCUT2D eigenvalue weighted by Gasteiger charge is -2.24. The third-order valence-electron chi connectivity index (χ3n) is 4.73. The summed E-state index contributed by atoms with van der Waals surface area (Å²) >= 11 is 0. The van der Waals surface area contributed by atoms with E-state index in [0.717, 1.165) is 44.5 Å². The van der Waals surface area contributed by atoms with E-state index in [1.165, 1.54) is 0 Å². The maximum Gasteiger partial charge on any atom is 0.303 e. The summed E-state index contributed by atoms with van der Waals surface area (Å²) in [5.41, 5.74) is 1.08. The summed E-state index contributed by atoms with van der Waals surface area (Å²) in [6, 6.07) is 9.87. The third kappa shape index (κ3) is 7.69. The molecule has 1 aromatic rings. The van der Waals surface area contributed by atoms with Gasteiger partial charge in [0.15, 0.2) is 0 Å². The Balaban J connectivity index is 1.81. The molecule has 1 amide bonds. The molecule has 0 aromatic heterocycles. The molecular formula is C20H29NO4. The molecule has 1 aromatic carbocycles. The number of ether oxygens (including phenoxy) is 1. The van der Waals surface area contributed by atoms with Crippen molar-refractivity contribution in [3.8, 4) is 0 Å². The van der Waals surface area contributed by atoms with E-state index in [0.29, 0.717) is 31.8 Å². The Morgan fingerprint density at radius 3 is 2.48 bits per heavy atom. The molecule has 1 fully saturated rings. The average Bonchev–Trinajstić information content (AvgIpc) is 2.62. The number of nitrogens with zero attached hydrogens (tertiary/aromatic N) is 1. The summed E-state index contributed by atoms with van der Waals surface area (Å²) < 4.78 is 5.37. The van der Waals surface area contributed by atoms with Gasteiger partial charge in [0.1, 0.15) is 0 Å². The van der Waals surface area contributed by atoms with Crippen LogP contribution in [0.25, 0.3) is 0 Å². The fraction of sp³-hybridized carbons (Fsp3) is 0.600. The minimum absolute atomic E-state index is 0.0979. The number of carboxylic acids is 1. The van der Waals surface area contributed by atoms with Crippen LogP contribution in [-0.4, -0.2) is 41.6 Å². The topological polar surface area (TPSA) is 66.8 Å². The van der Waals surface area contributed by atoms with Crippen LogP contribution in [0.5, 0.6) is 0 Å². The van der Waals surface area contributed by atoms with Crippen LogP contribution in [0.15, 0.2) is 30.3 Å². The Labute approximate surface area is 150 Å². The first kappa shape index (κ1) is 19.4. The zero-order valence-electron chi connectivity index (χ0n) is 14.9. The second-order valence-electron chi connectivity index (χ2n) is 6.75. The van der Waals surface area contributed by atoms with Crippen molar-refractivity contribution in [3.05, 3.63) is 35.9 Å². The van der Waals surface area contributed by atoms with Crippen molar-refractivity contribution in [2.75, 3.05) is 19.8 Å². The molecule has 25 heavy (non-hydrogen) atoms. The number of hydrogen-bond donors (Lipinski definition) is 1. The molecule has 0 spiro atoms. The van der Waals surface area contributed by atoms with E-state index in [4.69, 9.17) is 9.84 Å². The lowest BCUT2D eigenvalue weighted by atomic mass is 9.94. The van der Waals surface area contributed by atoms with Gasteiger partial charge in [-0.25, -0.2) is 0 Å². The van der Waals surface area contributed by atoms with Crippen molar-refractivity contribution < 1.29 is 19.4 Å². The van der Waals surface area contributed by atoms with Crippen molar-refractivity contribution in [1.29, 1.82) is 0 Å². The molecule has 2 rings (SSSR count). The minimum atomic E-state index is -0.813. The van der Waals surface area contributed by atoms with Gasteiger partial charge in [-0.15, -0.1) is 0 Å². The second-order valence-corrected chi connectivity index (χ2v) is 6.75. The first-order valence-corrected chi connectivity index (χ1v) is 9.26. The minimum Gasteiger partial charge on any atom is -0.481 e. The zero-order valence-corrected chi connectivity index (χ0v) is 14.9. The van der Waals surface area contributed by atoms with Crippen LogP contribution in [0, 0.1) is 5.92 Å². The Morgan fingerprint density at radius 2 is 1.80 bits per heavy atom. The monoisotopic (exact) mass is 347 g/mol. The molecule has 138 valence electrons. The molecular weight excluding hydrogens is 318 g/mol. The van der Waals surface area contributed by atoms with Gasteiger partial charge in [0.05, 0.1) is 0 Å². The van der Waals surface area contributed by atoms with Crippen LogP contribution >= 0.6 is 0 Å². The van der Waals surface area contributed by atoms with Gasteiger partial charge in [-0.05, 0) is 43.6 Å². The quantitative estimate of drug-likeness (QED) is 0.704. The van der Waals surface area contributed by atoms with Crippen molar-refractivity contribution in [2.24, 2.45) is 5.92 Å². The van der Waals surface area contributed by atoms with E-state index in [-0.39, 0.29) is 12.3 Å². The molecule has 1 aliphatic rings. The first-order valence-electron chi connectivity index (χ1n) is 9.26. The van der Waals surface area contributed by atoms with E-state index in [1.807, 2.05) is 35.2 Å². The lowest BCUT2D eigenvalue weighted by Crippen LogP contribution is -2.31. The van der Waals surface area contributed by atoms with Crippen LogP contribution in [0.3, 0.4) is 0 Å². The molecule has 1 aliphatic heterocycles. The predicted octanol–water partition coefficient (Wildman–Crippen LogP) is 3.48. The molecule has 1 heterocycles. The van der Waals surface area contributed by atoms with Gasteiger partial charge >= 0.3 is 5.97 Å². The van der Waals surface area contributed by atoms with Crippen molar-refractivity contribution in [1.82, 2.24) is 4.90 Å². The van der Waals surface area contributed by atoms with Crippen molar-refractivity contribution >= 4 is 11.9 Å². The average molecular weight is 347 g/mol. The fourth-order valence-electron chi connectivity index (χ4n) is 3.25. The van der Waals surface area contributed by atoms with Gasteiger partial charge in [-0.1, -0.05) is 30.3 Å². The van der Waals surface area contributed by atoms with E-state index >= 15 is 0 Å². The highest BCUT2D eigenvalue weighted by atomic mass is 16.5. The molecule has 1 N–H and O–H groups in total. The molecule has 0 unspecified atom stereocenters. The summed E-state index contributed by atoms with van der Waals surface area (Å²) in [7, 11) is 0. The van der Waals surface area contributed by atoms with Gasteiger partial charge in [-0.2, -0.15) is 0 Å². The number of carbonyl (C=O) groups excluding carboxylic acids is 1. The molecule has 5 heteroatoms.